The molecule has 0 aliphatic heterocycles. The van der Waals surface area contributed by atoms with Crippen LogP contribution in [0.3, 0.4) is 0 Å². The molecule has 3 aromatic heterocycles. The molecule has 10 rings (SSSR count). The summed E-state index contributed by atoms with van der Waals surface area (Å²) in [7, 11) is 2.12. The number of hydrogen-bond acceptors (Lipinski definition) is 2. The van der Waals surface area contributed by atoms with Gasteiger partial charge in [-0.15, -0.1) is 0 Å². The van der Waals surface area contributed by atoms with Crippen LogP contribution < -0.4 is 0 Å². The van der Waals surface area contributed by atoms with Crippen LogP contribution in [0.5, 0.6) is 0 Å². The lowest BCUT2D eigenvalue weighted by Gasteiger charge is -2.17. The van der Waals surface area contributed by atoms with E-state index in [2.05, 4.69) is 166 Å². The van der Waals surface area contributed by atoms with Crippen LogP contribution in [0.1, 0.15) is 11.1 Å². The maximum atomic E-state index is 10.6. The fourth-order valence-electron chi connectivity index (χ4n) is 8.23. The third kappa shape index (κ3) is 3.69. The molecular formula is C45H27N5. The molecule has 5 heteroatoms. The summed E-state index contributed by atoms with van der Waals surface area (Å²) in [6.45, 7) is 0. The van der Waals surface area contributed by atoms with Crippen LogP contribution in [-0.4, -0.2) is 13.7 Å². The molecule has 0 aliphatic rings. The van der Waals surface area contributed by atoms with Gasteiger partial charge in [-0.05, 0) is 66.2 Å². The van der Waals surface area contributed by atoms with Crippen molar-refractivity contribution in [1.29, 1.82) is 10.5 Å². The van der Waals surface area contributed by atoms with E-state index < -0.39 is 0 Å². The SMILES string of the molecule is Cn1c2ccccc2c2c3c4ccccc4n(-c4ccc(C#N)c(C#N)c4-c4ccc(-n5c6ccccc6c6ccccc65)cc4)c3ccc21. The fraction of sp³-hybridized carbons (Fsp3) is 0.0222. The van der Waals surface area contributed by atoms with E-state index in [1.807, 2.05) is 6.07 Å². The van der Waals surface area contributed by atoms with Gasteiger partial charge in [-0.1, -0.05) is 84.9 Å². The summed E-state index contributed by atoms with van der Waals surface area (Å²) in [5.41, 5.74) is 10.9. The van der Waals surface area contributed by atoms with E-state index in [9.17, 15) is 10.5 Å². The van der Waals surface area contributed by atoms with E-state index in [0.29, 0.717) is 11.1 Å². The zero-order valence-electron chi connectivity index (χ0n) is 27.1. The van der Waals surface area contributed by atoms with Gasteiger partial charge in [0.05, 0.1) is 38.9 Å². The van der Waals surface area contributed by atoms with Crippen LogP contribution in [0.25, 0.3) is 87.9 Å². The number of rotatable bonds is 3. The monoisotopic (exact) mass is 637 g/mol. The van der Waals surface area contributed by atoms with Crippen LogP contribution in [0.4, 0.5) is 0 Å². The number of para-hydroxylation sites is 4. The second-order valence-electron chi connectivity index (χ2n) is 12.8. The van der Waals surface area contributed by atoms with Gasteiger partial charge in [-0.25, -0.2) is 0 Å². The Kier molecular flexibility index (Phi) is 5.85. The third-order valence-corrected chi connectivity index (χ3v) is 10.4. The molecule has 50 heavy (non-hydrogen) atoms. The van der Waals surface area contributed by atoms with Crippen LogP contribution in [-0.2, 0) is 7.05 Å². The van der Waals surface area contributed by atoms with E-state index in [0.717, 1.165) is 50.0 Å². The number of fused-ring (bicyclic) bond motifs is 10. The van der Waals surface area contributed by atoms with E-state index in [1.54, 1.807) is 6.07 Å². The van der Waals surface area contributed by atoms with Crippen molar-refractivity contribution in [2.45, 2.75) is 0 Å². The molecular weight excluding hydrogens is 611 g/mol. The summed E-state index contributed by atoms with van der Waals surface area (Å²) < 4.78 is 6.81. The molecule has 5 nitrogen and oxygen atoms in total. The Morgan fingerprint density at radius 3 is 1.58 bits per heavy atom. The Labute approximate surface area is 287 Å². The molecule has 0 amide bonds. The van der Waals surface area contributed by atoms with Gasteiger partial charge < -0.3 is 13.7 Å². The van der Waals surface area contributed by atoms with Crippen LogP contribution >= 0.6 is 0 Å². The second-order valence-corrected chi connectivity index (χ2v) is 12.8. The van der Waals surface area contributed by atoms with Crippen molar-refractivity contribution >= 4 is 65.4 Å². The fourth-order valence-corrected chi connectivity index (χ4v) is 8.23. The minimum Gasteiger partial charge on any atom is -0.344 e. The molecule has 3 heterocycles. The number of benzene rings is 7. The normalized spacial score (nSPS) is 11.7. The standard InChI is InChI=1S/C45H27N5/c1-48-36-14-6-4-12-33(36)44-40(48)24-25-42-45(44)34-13-5-9-17-39(34)50(42)41-23-20-29(26-46)35(27-47)43(41)28-18-21-30(22-19-28)49-37-15-7-2-10-31(37)32-11-3-8-16-38(32)49/h2-25H,1H3. The lowest BCUT2D eigenvalue weighted by molar-refractivity contribution is 1.01. The van der Waals surface area contributed by atoms with Crippen molar-refractivity contribution in [3.63, 3.8) is 0 Å². The van der Waals surface area contributed by atoms with Crippen molar-refractivity contribution in [1.82, 2.24) is 13.7 Å². The first-order valence-electron chi connectivity index (χ1n) is 16.6. The lowest BCUT2D eigenvalue weighted by atomic mass is 9.94. The zero-order valence-corrected chi connectivity index (χ0v) is 27.1. The molecule has 10 aromatic rings. The van der Waals surface area contributed by atoms with Gasteiger partial charge in [-0.2, -0.15) is 10.5 Å². The maximum absolute atomic E-state index is 10.6. The minimum atomic E-state index is 0.356. The summed E-state index contributed by atoms with van der Waals surface area (Å²) in [6, 6.07) is 55.2. The number of nitriles is 2. The summed E-state index contributed by atoms with van der Waals surface area (Å²) >= 11 is 0. The summed E-state index contributed by atoms with van der Waals surface area (Å²) in [5.74, 6) is 0. The first kappa shape index (κ1) is 28.0. The first-order chi connectivity index (χ1) is 24.7. The number of aryl methyl sites for hydroxylation is 1. The Morgan fingerprint density at radius 1 is 0.440 bits per heavy atom. The zero-order chi connectivity index (χ0) is 33.5. The average molecular weight is 638 g/mol. The highest BCUT2D eigenvalue weighted by molar-refractivity contribution is 6.28. The Morgan fingerprint density at radius 2 is 0.960 bits per heavy atom. The first-order valence-corrected chi connectivity index (χ1v) is 16.6. The van der Waals surface area contributed by atoms with Crippen molar-refractivity contribution in [3.05, 3.63) is 157 Å². The van der Waals surface area contributed by atoms with E-state index in [4.69, 9.17) is 0 Å². The molecule has 0 radical (unpaired) electrons. The quantitative estimate of drug-likeness (QED) is 0.193. The average Bonchev–Trinajstić information content (AvgIpc) is 3.80. The molecule has 0 fully saturated rings. The predicted molar refractivity (Wildman–Crippen MR) is 204 cm³/mol. The van der Waals surface area contributed by atoms with Crippen molar-refractivity contribution in [2.24, 2.45) is 7.05 Å². The molecule has 0 atom stereocenters. The van der Waals surface area contributed by atoms with Gasteiger partial charge in [0.25, 0.3) is 0 Å². The van der Waals surface area contributed by atoms with E-state index >= 15 is 0 Å². The van der Waals surface area contributed by atoms with Crippen LogP contribution in [0.15, 0.2) is 146 Å². The molecule has 0 saturated carbocycles. The summed E-state index contributed by atoms with van der Waals surface area (Å²) in [4.78, 5) is 0. The lowest BCUT2D eigenvalue weighted by Crippen LogP contribution is -2.02. The topological polar surface area (TPSA) is 62.4 Å². The molecule has 0 bridgehead atoms. The highest BCUT2D eigenvalue weighted by atomic mass is 15.0. The highest BCUT2D eigenvalue weighted by Crippen LogP contribution is 2.43. The molecule has 7 aromatic carbocycles. The Hall–Kier alpha value is -7.08. The van der Waals surface area contributed by atoms with Gasteiger partial charge in [0.2, 0.25) is 0 Å². The predicted octanol–water partition coefficient (Wildman–Crippen LogP) is 10.9. The molecule has 0 spiro atoms. The smallest absolute Gasteiger partial charge is 0.101 e. The van der Waals surface area contributed by atoms with Crippen molar-refractivity contribution in [3.8, 4) is 34.6 Å². The van der Waals surface area contributed by atoms with E-state index in [1.165, 1.54) is 38.0 Å². The third-order valence-electron chi connectivity index (χ3n) is 10.4. The minimum absolute atomic E-state index is 0.356. The van der Waals surface area contributed by atoms with Gasteiger partial charge in [0.1, 0.15) is 12.1 Å². The molecule has 0 N–H and O–H groups in total. The number of nitrogens with zero attached hydrogens (tertiary/aromatic N) is 5. The molecule has 0 unspecified atom stereocenters. The Balaban J connectivity index is 1.26. The largest absolute Gasteiger partial charge is 0.344 e. The Bertz CT molecular complexity index is 3070. The van der Waals surface area contributed by atoms with Crippen molar-refractivity contribution < 1.29 is 0 Å². The highest BCUT2D eigenvalue weighted by Gasteiger charge is 2.23. The summed E-state index contributed by atoms with van der Waals surface area (Å²) in [6.07, 6.45) is 0. The van der Waals surface area contributed by atoms with Gasteiger partial charge in [0.15, 0.2) is 0 Å². The summed E-state index contributed by atoms with van der Waals surface area (Å²) in [5, 5.41) is 27.9. The molecule has 0 aliphatic carbocycles. The second kappa shape index (κ2) is 10.5. The van der Waals surface area contributed by atoms with E-state index in [-0.39, 0.29) is 0 Å². The van der Waals surface area contributed by atoms with Gasteiger partial charge in [-0.3, -0.25) is 0 Å². The van der Waals surface area contributed by atoms with Crippen LogP contribution in [0, 0.1) is 22.7 Å². The van der Waals surface area contributed by atoms with Gasteiger partial charge >= 0.3 is 0 Å². The maximum Gasteiger partial charge on any atom is 0.101 e. The molecule has 0 saturated heterocycles. The van der Waals surface area contributed by atoms with Crippen molar-refractivity contribution in [2.75, 3.05) is 0 Å². The van der Waals surface area contributed by atoms with Gasteiger partial charge in [0, 0.05) is 61.6 Å². The number of hydrogen-bond donors (Lipinski definition) is 0. The molecule has 232 valence electrons. The van der Waals surface area contributed by atoms with Crippen LogP contribution in [0.2, 0.25) is 0 Å². The number of aromatic nitrogens is 3.